The van der Waals surface area contributed by atoms with Gasteiger partial charge in [-0.3, -0.25) is 0 Å². The molecule has 0 radical (unpaired) electrons. The first-order chi connectivity index (χ1) is 17.0. The second kappa shape index (κ2) is 9.30. The summed E-state index contributed by atoms with van der Waals surface area (Å²) in [6.07, 6.45) is 0. The van der Waals surface area contributed by atoms with Gasteiger partial charge in [0.05, 0.1) is 17.6 Å². The molecule has 0 spiro atoms. The Morgan fingerprint density at radius 1 is 1.00 bits per heavy atom. The van der Waals surface area contributed by atoms with Crippen LogP contribution in [0.15, 0.2) is 81.1 Å². The molecule has 35 heavy (non-hydrogen) atoms. The molecule has 0 amide bonds. The molecule has 5 rings (SSSR count). The molecule has 0 aliphatic carbocycles. The molecule has 0 saturated heterocycles. The van der Waals surface area contributed by atoms with Gasteiger partial charge >= 0.3 is 0 Å². The van der Waals surface area contributed by atoms with Crippen LogP contribution in [0, 0.1) is 5.82 Å². The fourth-order valence-electron chi connectivity index (χ4n) is 3.58. The lowest BCUT2D eigenvalue weighted by molar-refractivity contribution is 0.171. The highest BCUT2D eigenvalue weighted by molar-refractivity contribution is 7.91. The summed E-state index contributed by atoms with van der Waals surface area (Å²) in [6, 6.07) is 17.4. The maximum absolute atomic E-state index is 14.4. The first-order valence-corrected chi connectivity index (χ1v) is 12.2. The van der Waals surface area contributed by atoms with Crippen LogP contribution in [0.4, 0.5) is 10.3 Å². The van der Waals surface area contributed by atoms with Crippen LogP contribution in [0.1, 0.15) is 5.56 Å². The van der Waals surface area contributed by atoms with Crippen LogP contribution < -0.4 is 19.5 Å². The van der Waals surface area contributed by atoms with Gasteiger partial charge in [-0.25, -0.2) is 12.8 Å². The minimum atomic E-state index is -4.16. The van der Waals surface area contributed by atoms with Crippen LogP contribution in [0.5, 0.6) is 17.2 Å². The standard InChI is InChI=1S/C25H21FN2O6S/c1-31-17-8-6-16(7-9-17)15-27-24-25(28-23(34-24)19-4-2-3-5-20(19)26)35(29,30)18-10-11-21-22(14-18)33-13-12-32-21/h2-11,14,27H,12-13,15H2,1H3. The second-order valence-corrected chi connectivity index (χ2v) is 9.51. The number of hydrogen-bond acceptors (Lipinski definition) is 8. The number of aromatic nitrogens is 1. The molecule has 8 nitrogen and oxygen atoms in total. The summed E-state index contributed by atoms with van der Waals surface area (Å²) in [4.78, 5) is 4.14. The van der Waals surface area contributed by atoms with Gasteiger partial charge in [0.1, 0.15) is 24.8 Å². The SMILES string of the molecule is COc1ccc(CNc2oc(-c3ccccc3F)nc2S(=O)(=O)c2ccc3c(c2)OCCO3)cc1. The number of ether oxygens (including phenoxy) is 3. The highest BCUT2D eigenvalue weighted by Gasteiger charge is 2.30. The number of hydrogen-bond donors (Lipinski definition) is 1. The highest BCUT2D eigenvalue weighted by atomic mass is 32.2. The normalized spacial score (nSPS) is 12.9. The monoisotopic (exact) mass is 496 g/mol. The van der Waals surface area contributed by atoms with Gasteiger partial charge in [0, 0.05) is 12.6 Å². The Hall–Kier alpha value is -4.05. The highest BCUT2D eigenvalue weighted by Crippen LogP contribution is 2.37. The zero-order chi connectivity index (χ0) is 24.4. The van der Waals surface area contributed by atoms with E-state index in [0.29, 0.717) is 30.5 Å². The molecule has 3 aromatic carbocycles. The van der Waals surface area contributed by atoms with Crippen molar-refractivity contribution in [2.45, 2.75) is 16.5 Å². The number of nitrogens with one attached hydrogen (secondary N) is 1. The Morgan fingerprint density at radius 2 is 1.74 bits per heavy atom. The number of halogens is 1. The van der Waals surface area contributed by atoms with Gasteiger partial charge in [0.2, 0.25) is 26.6 Å². The van der Waals surface area contributed by atoms with Crippen molar-refractivity contribution in [1.82, 2.24) is 4.98 Å². The van der Waals surface area contributed by atoms with E-state index in [1.54, 1.807) is 25.3 Å². The third-order valence-electron chi connectivity index (χ3n) is 5.39. The molecule has 0 atom stereocenters. The summed E-state index contributed by atoms with van der Waals surface area (Å²) < 4.78 is 63.6. The molecular weight excluding hydrogens is 475 g/mol. The van der Waals surface area contributed by atoms with Crippen molar-refractivity contribution in [3.05, 3.63) is 78.1 Å². The summed E-state index contributed by atoms with van der Waals surface area (Å²) in [5, 5.41) is 2.63. The number of sulfone groups is 1. The van der Waals surface area contributed by atoms with Crippen molar-refractivity contribution in [1.29, 1.82) is 0 Å². The van der Waals surface area contributed by atoms with E-state index in [0.717, 1.165) is 5.56 Å². The van der Waals surface area contributed by atoms with E-state index in [1.165, 1.54) is 36.4 Å². The maximum atomic E-state index is 14.4. The number of fused-ring (bicyclic) bond motifs is 1. The minimum Gasteiger partial charge on any atom is -0.497 e. The summed E-state index contributed by atoms with van der Waals surface area (Å²) in [7, 11) is -2.59. The zero-order valence-electron chi connectivity index (χ0n) is 18.7. The molecule has 0 fully saturated rings. The van der Waals surface area contributed by atoms with Gasteiger partial charge in [-0.2, -0.15) is 4.98 Å². The topological polar surface area (TPSA) is 99.9 Å². The lowest BCUT2D eigenvalue weighted by atomic mass is 10.2. The molecule has 1 N–H and O–H groups in total. The van der Waals surface area contributed by atoms with E-state index in [-0.39, 0.29) is 33.8 Å². The molecule has 4 aromatic rings. The van der Waals surface area contributed by atoms with Gasteiger partial charge in [-0.15, -0.1) is 0 Å². The Labute approximate surface area is 201 Å². The lowest BCUT2D eigenvalue weighted by Gasteiger charge is -2.18. The number of rotatable bonds is 7. The summed E-state index contributed by atoms with van der Waals surface area (Å²) in [5.41, 5.74) is 0.890. The van der Waals surface area contributed by atoms with Crippen LogP contribution in [-0.2, 0) is 16.4 Å². The molecule has 1 aromatic heterocycles. The van der Waals surface area contributed by atoms with E-state index in [4.69, 9.17) is 18.6 Å². The second-order valence-electron chi connectivity index (χ2n) is 7.64. The van der Waals surface area contributed by atoms with E-state index >= 15 is 0 Å². The summed E-state index contributed by atoms with van der Waals surface area (Å²) in [5.74, 6) is 0.629. The summed E-state index contributed by atoms with van der Waals surface area (Å²) in [6.45, 7) is 0.930. The smallest absolute Gasteiger partial charge is 0.234 e. The number of nitrogens with zero attached hydrogens (tertiary/aromatic N) is 1. The first-order valence-electron chi connectivity index (χ1n) is 10.7. The van der Waals surface area contributed by atoms with E-state index in [9.17, 15) is 12.8 Å². The predicted molar refractivity (Wildman–Crippen MR) is 125 cm³/mol. The van der Waals surface area contributed by atoms with Crippen LogP contribution in [0.3, 0.4) is 0 Å². The number of methoxy groups -OCH3 is 1. The van der Waals surface area contributed by atoms with Crippen LogP contribution in [-0.4, -0.2) is 33.7 Å². The maximum Gasteiger partial charge on any atom is 0.234 e. The van der Waals surface area contributed by atoms with Gasteiger partial charge in [-0.1, -0.05) is 24.3 Å². The Morgan fingerprint density at radius 3 is 2.49 bits per heavy atom. The average molecular weight is 497 g/mol. The zero-order valence-corrected chi connectivity index (χ0v) is 19.5. The molecule has 0 unspecified atom stereocenters. The quantitative estimate of drug-likeness (QED) is 0.393. The number of anilines is 1. The van der Waals surface area contributed by atoms with Crippen molar-refractivity contribution in [3.8, 4) is 28.7 Å². The van der Waals surface area contributed by atoms with E-state index < -0.39 is 15.7 Å². The minimum absolute atomic E-state index is 0.0450. The molecule has 10 heteroatoms. The number of oxazole rings is 1. The average Bonchev–Trinajstić information content (AvgIpc) is 3.32. The van der Waals surface area contributed by atoms with Gasteiger partial charge < -0.3 is 23.9 Å². The van der Waals surface area contributed by atoms with Crippen molar-refractivity contribution >= 4 is 15.7 Å². The third-order valence-corrected chi connectivity index (χ3v) is 7.05. The van der Waals surface area contributed by atoms with Gasteiger partial charge in [0.15, 0.2) is 11.5 Å². The molecule has 0 saturated carbocycles. The molecule has 1 aliphatic rings. The van der Waals surface area contributed by atoms with Crippen LogP contribution in [0.25, 0.3) is 11.5 Å². The molecule has 180 valence electrons. The molecule has 1 aliphatic heterocycles. The van der Waals surface area contributed by atoms with E-state index in [1.807, 2.05) is 12.1 Å². The summed E-state index contributed by atoms with van der Waals surface area (Å²) >= 11 is 0. The van der Waals surface area contributed by atoms with E-state index in [2.05, 4.69) is 10.3 Å². The number of benzene rings is 3. The Bertz CT molecular complexity index is 1470. The fraction of sp³-hybridized carbons (Fsp3) is 0.160. The Kier molecular flexibility index (Phi) is 6.04. The molecule has 0 bridgehead atoms. The first kappa shape index (κ1) is 22.7. The van der Waals surface area contributed by atoms with Crippen LogP contribution in [0.2, 0.25) is 0 Å². The van der Waals surface area contributed by atoms with Crippen molar-refractivity contribution < 1.29 is 31.4 Å². The van der Waals surface area contributed by atoms with Crippen molar-refractivity contribution in [2.75, 3.05) is 25.6 Å². The van der Waals surface area contributed by atoms with Gasteiger partial charge in [-0.05, 0) is 42.0 Å². The van der Waals surface area contributed by atoms with Crippen molar-refractivity contribution in [3.63, 3.8) is 0 Å². The van der Waals surface area contributed by atoms with Crippen molar-refractivity contribution in [2.24, 2.45) is 0 Å². The Balaban J connectivity index is 1.54. The predicted octanol–water partition coefficient (Wildman–Crippen LogP) is 4.71. The molecule has 2 heterocycles. The van der Waals surface area contributed by atoms with Gasteiger partial charge in [0.25, 0.3) is 0 Å². The van der Waals surface area contributed by atoms with Crippen LogP contribution >= 0.6 is 0 Å². The third kappa shape index (κ3) is 4.52. The lowest BCUT2D eigenvalue weighted by Crippen LogP contribution is -2.16. The largest absolute Gasteiger partial charge is 0.497 e. The fourth-order valence-corrected chi connectivity index (χ4v) is 4.87. The molecular formula is C25H21FN2O6S.